The van der Waals surface area contributed by atoms with Gasteiger partial charge in [-0.3, -0.25) is 9.69 Å². The molecule has 1 amide bonds. The Kier molecular flexibility index (Phi) is 13.5. The number of anilines is 1. The fourth-order valence-electron chi connectivity index (χ4n) is 6.91. The Morgan fingerprint density at radius 3 is 1.96 bits per heavy atom. The summed E-state index contributed by atoms with van der Waals surface area (Å²) >= 11 is 0. The molecule has 46 heavy (non-hydrogen) atoms. The Hall–Kier alpha value is -3.17. The molecular weight excluding hydrogens is 625 g/mol. The highest BCUT2D eigenvalue weighted by molar-refractivity contribution is 6.10. The summed E-state index contributed by atoms with van der Waals surface area (Å²) in [6.07, 6.45) is 2.02. The van der Waals surface area contributed by atoms with Crippen molar-refractivity contribution >= 4 is 36.4 Å². The number of hydrogen-bond donors (Lipinski definition) is 0. The Bertz CT molecular complexity index is 1420. The van der Waals surface area contributed by atoms with E-state index < -0.39 is 5.41 Å². The first-order chi connectivity index (χ1) is 21.3. The van der Waals surface area contributed by atoms with Crippen LogP contribution in [0.1, 0.15) is 43.4 Å². The van der Waals surface area contributed by atoms with Crippen molar-refractivity contribution in [3.8, 4) is 23.0 Å². The number of carbonyl (C=O) groups excluding carboxylic acids is 1. The van der Waals surface area contributed by atoms with E-state index in [1.54, 1.807) is 26.2 Å². The number of amides is 1. The van der Waals surface area contributed by atoms with Crippen LogP contribution in [0, 0.1) is 5.92 Å². The highest BCUT2D eigenvalue weighted by atomic mass is 35.5. The van der Waals surface area contributed by atoms with Crippen molar-refractivity contribution in [2.45, 2.75) is 38.6 Å². The van der Waals surface area contributed by atoms with Crippen LogP contribution in [0.2, 0.25) is 0 Å². The van der Waals surface area contributed by atoms with E-state index in [0.717, 1.165) is 80.2 Å². The summed E-state index contributed by atoms with van der Waals surface area (Å²) in [5, 5.41) is 0. The summed E-state index contributed by atoms with van der Waals surface area (Å²) in [6.45, 7) is 10.9. The summed E-state index contributed by atoms with van der Waals surface area (Å²) in [7, 11) is 6.81. The molecule has 0 spiro atoms. The number of rotatable bonds is 13. The molecule has 0 radical (unpaired) electrons. The number of methoxy groups -OCH3 is 3. The maximum atomic E-state index is 13.9. The maximum Gasteiger partial charge on any atom is 0.242 e. The number of halogens is 2. The molecule has 10 heteroatoms. The molecule has 3 aromatic carbocycles. The third-order valence-electron chi connectivity index (χ3n) is 9.23. The Morgan fingerprint density at radius 1 is 0.761 bits per heavy atom. The number of carbonyl (C=O) groups is 1. The molecule has 2 aliphatic heterocycles. The highest BCUT2D eigenvalue weighted by Crippen LogP contribution is 2.52. The van der Waals surface area contributed by atoms with E-state index in [1.165, 1.54) is 0 Å². The SMILES string of the molecule is COc1cc(CN2CCN(CCCCOc3ccccc3C3(C(C)C)C(=O)N(C)c4ccccc43)CC2)cc(OC)c1OC.Cl.Cl. The number of hydrogen-bond acceptors (Lipinski definition) is 7. The van der Waals surface area contributed by atoms with Crippen molar-refractivity contribution < 1.29 is 23.7 Å². The van der Waals surface area contributed by atoms with Gasteiger partial charge in [-0.05, 0) is 60.7 Å². The summed E-state index contributed by atoms with van der Waals surface area (Å²) in [4.78, 5) is 20.7. The van der Waals surface area contributed by atoms with Crippen LogP contribution in [0.4, 0.5) is 5.69 Å². The molecule has 8 nitrogen and oxygen atoms in total. The lowest BCUT2D eigenvalue weighted by atomic mass is 9.67. The molecule has 1 fully saturated rings. The minimum Gasteiger partial charge on any atom is -0.493 e. The van der Waals surface area contributed by atoms with Crippen LogP contribution in [0.15, 0.2) is 60.7 Å². The van der Waals surface area contributed by atoms with Crippen molar-refractivity contribution in [3.05, 3.63) is 77.4 Å². The van der Waals surface area contributed by atoms with Crippen LogP contribution in [0.5, 0.6) is 23.0 Å². The minimum absolute atomic E-state index is 0. The van der Waals surface area contributed by atoms with Crippen LogP contribution in [-0.4, -0.2) is 83.4 Å². The zero-order valence-electron chi connectivity index (χ0n) is 27.9. The van der Waals surface area contributed by atoms with E-state index >= 15 is 0 Å². The number of fused-ring (bicyclic) bond motifs is 1. The number of piperazine rings is 1. The molecule has 0 aliphatic carbocycles. The molecule has 0 bridgehead atoms. The first-order valence-corrected chi connectivity index (χ1v) is 15.7. The molecule has 0 aromatic heterocycles. The first kappa shape index (κ1) is 37.3. The van der Waals surface area contributed by atoms with Gasteiger partial charge in [-0.25, -0.2) is 0 Å². The first-order valence-electron chi connectivity index (χ1n) is 15.7. The van der Waals surface area contributed by atoms with Gasteiger partial charge in [0, 0.05) is 51.0 Å². The van der Waals surface area contributed by atoms with Crippen LogP contribution in [0.25, 0.3) is 0 Å². The number of likely N-dealkylation sites (N-methyl/N-ethyl adjacent to an activating group) is 1. The molecule has 252 valence electrons. The second-order valence-corrected chi connectivity index (χ2v) is 12.0. The second-order valence-electron chi connectivity index (χ2n) is 12.0. The van der Waals surface area contributed by atoms with Crippen molar-refractivity contribution in [2.75, 3.05) is 72.6 Å². The van der Waals surface area contributed by atoms with Gasteiger partial charge in [-0.1, -0.05) is 50.2 Å². The van der Waals surface area contributed by atoms with Gasteiger partial charge >= 0.3 is 0 Å². The maximum absolute atomic E-state index is 13.9. The summed E-state index contributed by atoms with van der Waals surface area (Å²) in [5.74, 6) is 2.99. The standard InChI is InChI=1S/C36H47N3O5.2ClH/c1-26(2)36(28-13-7-9-15-30(28)37(3)35(36)40)29-14-8-10-16-31(29)44-22-12-11-17-38-18-20-39(21-19-38)25-27-23-32(41-4)34(43-6)33(24-27)42-5;;/h7-10,13-16,23-24,26H,11-12,17-22,25H2,1-6H3;2*1H. The minimum atomic E-state index is -0.760. The van der Waals surface area contributed by atoms with Gasteiger partial charge in [0.15, 0.2) is 11.5 Å². The number of ether oxygens (including phenoxy) is 4. The van der Waals surface area contributed by atoms with Gasteiger partial charge < -0.3 is 28.7 Å². The molecular formula is C36H49Cl2N3O5. The van der Waals surface area contributed by atoms with E-state index in [9.17, 15) is 4.79 Å². The van der Waals surface area contributed by atoms with Crippen LogP contribution in [0.3, 0.4) is 0 Å². The summed E-state index contributed by atoms with van der Waals surface area (Å²) in [5.41, 5.74) is 3.38. The molecule has 1 saturated heterocycles. The third-order valence-corrected chi connectivity index (χ3v) is 9.23. The normalized spacial score (nSPS) is 18.1. The van der Waals surface area contributed by atoms with Crippen LogP contribution in [-0.2, 0) is 16.8 Å². The van der Waals surface area contributed by atoms with E-state index in [4.69, 9.17) is 18.9 Å². The van der Waals surface area contributed by atoms with Gasteiger partial charge in [0.25, 0.3) is 0 Å². The van der Waals surface area contributed by atoms with Crippen LogP contribution >= 0.6 is 24.8 Å². The second kappa shape index (κ2) is 16.6. The zero-order valence-corrected chi connectivity index (χ0v) is 29.5. The van der Waals surface area contributed by atoms with Crippen molar-refractivity contribution in [1.82, 2.24) is 9.80 Å². The average molecular weight is 675 g/mol. The van der Waals surface area contributed by atoms with Gasteiger partial charge in [-0.15, -0.1) is 24.8 Å². The molecule has 5 rings (SSSR count). The van der Waals surface area contributed by atoms with E-state index in [2.05, 4.69) is 35.8 Å². The smallest absolute Gasteiger partial charge is 0.242 e. The molecule has 2 heterocycles. The predicted octanol–water partition coefficient (Wildman–Crippen LogP) is 6.45. The number of benzene rings is 3. The lowest BCUT2D eigenvalue weighted by molar-refractivity contribution is -0.122. The third kappa shape index (κ3) is 7.20. The van der Waals surface area contributed by atoms with E-state index in [0.29, 0.717) is 23.9 Å². The predicted molar refractivity (Wildman–Crippen MR) is 189 cm³/mol. The summed E-state index contributed by atoms with van der Waals surface area (Å²) in [6, 6.07) is 20.3. The lowest BCUT2D eigenvalue weighted by Crippen LogP contribution is -2.46. The molecule has 1 atom stereocenters. The topological polar surface area (TPSA) is 63.7 Å². The van der Waals surface area contributed by atoms with Crippen molar-refractivity contribution in [3.63, 3.8) is 0 Å². The quantitative estimate of drug-likeness (QED) is 0.193. The van der Waals surface area contributed by atoms with Crippen molar-refractivity contribution in [2.24, 2.45) is 5.92 Å². The lowest BCUT2D eigenvalue weighted by Gasteiger charge is -2.35. The molecule has 3 aromatic rings. The van der Waals surface area contributed by atoms with Gasteiger partial charge in [0.05, 0.1) is 27.9 Å². The Balaban J connectivity index is 0.00000288. The fraction of sp³-hybridized carbons (Fsp3) is 0.472. The molecule has 1 unspecified atom stereocenters. The van der Waals surface area contributed by atoms with E-state index in [1.807, 2.05) is 55.6 Å². The van der Waals surface area contributed by atoms with Crippen molar-refractivity contribution in [1.29, 1.82) is 0 Å². The number of unbranched alkanes of at least 4 members (excludes halogenated alkanes) is 1. The fourth-order valence-corrected chi connectivity index (χ4v) is 6.91. The molecule has 0 saturated carbocycles. The van der Waals surface area contributed by atoms with Gasteiger partial charge in [0.2, 0.25) is 11.7 Å². The number of nitrogens with zero attached hydrogens (tertiary/aromatic N) is 3. The Morgan fingerprint density at radius 2 is 1.35 bits per heavy atom. The highest BCUT2D eigenvalue weighted by Gasteiger charge is 2.54. The molecule has 0 N–H and O–H groups in total. The monoisotopic (exact) mass is 673 g/mol. The van der Waals surface area contributed by atoms with Gasteiger partial charge in [0.1, 0.15) is 11.2 Å². The van der Waals surface area contributed by atoms with Crippen LogP contribution < -0.4 is 23.8 Å². The number of para-hydroxylation sites is 2. The van der Waals surface area contributed by atoms with E-state index in [-0.39, 0.29) is 36.6 Å². The average Bonchev–Trinajstić information content (AvgIpc) is 3.28. The summed E-state index contributed by atoms with van der Waals surface area (Å²) < 4.78 is 22.9. The Labute approximate surface area is 286 Å². The largest absolute Gasteiger partial charge is 0.493 e. The zero-order chi connectivity index (χ0) is 31.3. The van der Waals surface area contributed by atoms with Gasteiger partial charge in [-0.2, -0.15) is 0 Å². The molecule has 2 aliphatic rings.